The zero-order valence-corrected chi connectivity index (χ0v) is 9.03. The van der Waals surface area contributed by atoms with Crippen molar-refractivity contribution in [1.82, 2.24) is 0 Å². The molecule has 0 aliphatic heterocycles. The highest BCUT2D eigenvalue weighted by molar-refractivity contribution is 5.73. The average molecular weight is 223 g/mol. The van der Waals surface area contributed by atoms with Crippen LogP contribution in [0.3, 0.4) is 0 Å². The number of carbonyl (C=O) groups is 1. The third kappa shape index (κ3) is 2.01. The molecule has 16 heavy (non-hydrogen) atoms. The maximum absolute atomic E-state index is 13.5. The van der Waals surface area contributed by atoms with Gasteiger partial charge < -0.3 is 10.4 Å². The van der Waals surface area contributed by atoms with Crippen LogP contribution in [0.5, 0.6) is 0 Å². The molecule has 1 fully saturated rings. The van der Waals surface area contributed by atoms with E-state index in [2.05, 4.69) is 5.32 Å². The van der Waals surface area contributed by atoms with Gasteiger partial charge in [-0.2, -0.15) is 0 Å². The van der Waals surface area contributed by atoms with E-state index in [1.54, 1.807) is 12.1 Å². The minimum absolute atomic E-state index is 0.144. The van der Waals surface area contributed by atoms with Gasteiger partial charge in [0.1, 0.15) is 5.82 Å². The molecule has 2 rings (SSSR count). The van der Waals surface area contributed by atoms with Gasteiger partial charge in [0.05, 0.1) is 11.6 Å². The molecule has 1 aliphatic carbocycles. The molecule has 2 unspecified atom stereocenters. The summed E-state index contributed by atoms with van der Waals surface area (Å²) in [6.45, 7) is 1.82. The predicted molar refractivity (Wildman–Crippen MR) is 58.9 cm³/mol. The monoisotopic (exact) mass is 223 g/mol. The number of halogens is 1. The van der Waals surface area contributed by atoms with Crippen LogP contribution in [0.4, 0.5) is 10.1 Å². The van der Waals surface area contributed by atoms with E-state index in [1.807, 2.05) is 6.92 Å². The third-order valence-corrected chi connectivity index (χ3v) is 3.06. The van der Waals surface area contributed by atoms with Crippen LogP contribution in [0.25, 0.3) is 0 Å². The Hall–Kier alpha value is -1.58. The van der Waals surface area contributed by atoms with E-state index in [-0.39, 0.29) is 17.8 Å². The Morgan fingerprint density at radius 3 is 2.75 bits per heavy atom. The van der Waals surface area contributed by atoms with Crippen molar-refractivity contribution in [1.29, 1.82) is 0 Å². The van der Waals surface area contributed by atoms with Crippen LogP contribution in [0.2, 0.25) is 0 Å². The van der Waals surface area contributed by atoms with Crippen molar-refractivity contribution in [2.45, 2.75) is 25.8 Å². The minimum Gasteiger partial charge on any atom is -0.481 e. The first-order chi connectivity index (χ1) is 7.58. The highest BCUT2D eigenvalue weighted by Crippen LogP contribution is 2.31. The van der Waals surface area contributed by atoms with Crippen molar-refractivity contribution in [3.63, 3.8) is 0 Å². The van der Waals surface area contributed by atoms with Gasteiger partial charge in [0.25, 0.3) is 0 Å². The second kappa shape index (κ2) is 4.12. The Morgan fingerprint density at radius 2 is 2.25 bits per heavy atom. The molecule has 0 amide bonds. The Bertz CT molecular complexity index is 419. The van der Waals surface area contributed by atoms with Crippen molar-refractivity contribution in [2.75, 3.05) is 5.32 Å². The number of hydrogen-bond acceptors (Lipinski definition) is 2. The summed E-state index contributed by atoms with van der Waals surface area (Å²) >= 11 is 0. The van der Waals surface area contributed by atoms with Crippen LogP contribution in [-0.4, -0.2) is 17.1 Å². The Morgan fingerprint density at radius 1 is 1.50 bits per heavy atom. The van der Waals surface area contributed by atoms with E-state index >= 15 is 0 Å². The lowest BCUT2D eigenvalue weighted by Crippen LogP contribution is -2.43. The van der Waals surface area contributed by atoms with Crippen molar-refractivity contribution in [3.05, 3.63) is 29.6 Å². The number of aliphatic carboxylic acids is 1. The van der Waals surface area contributed by atoms with Crippen LogP contribution < -0.4 is 5.32 Å². The second-order valence-corrected chi connectivity index (χ2v) is 4.26. The largest absolute Gasteiger partial charge is 0.481 e. The van der Waals surface area contributed by atoms with E-state index in [0.717, 1.165) is 12.0 Å². The predicted octanol–water partition coefficient (Wildman–Crippen LogP) is 2.41. The SMILES string of the molecule is Cc1ccc(NC2CCC2C(=O)O)c(F)c1. The molecule has 2 atom stereocenters. The van der Waals surface area contributed by atoms with Gasteiger partial charge in [0.15, 0.2) is 0 Å². The normalized spacial score (nSPS) is 23.6. The average Bonchev–Trinajstić information content (AvgIpc) is 2.13. The standard InChI is InChI=1S/C12H14FNO2/c1-7-2-4-11(9(13)6-7)14-10-5-3-8(10)12(15)16/h2,4,6,8,10,14H,3,5H2,1H3,(H,15,16). The summed E-state index contributed by atoms with van der Waals surface area (Å²) in [7, 11) is 0. The molecule has 0 saturated heterocycles. The lowest BCUT2D eigenvalue weighted by molar-refractivity contribution is -0.144. The van der Waals surface area contributed by atoms with E-state index in [0.29, 0.717) is 12.1 Å². The van der Waals surface area contributed by atoms with Gasteiger partial charge in [-0.1, -0.05) is 6.07 Å². The molecule has 0 spiro atoms. The van der Waals surface area contributed by atoms with Crippen molar-refractivity contribution in [2.24, 2.45) is 5.92 Å². The van der Waals surface area contributed by atoms with Gasteiger partial charge in [-0.15, -0.1) is 0 Å². The molecule has 1 saturated carbocycles. The van der Waals surface area contributed by atoms with Crippen molar-refractivity contribution >= 4 is 11.7 Å². The number of nitrogens with one attached hydrogen (secondary N) is 1. The van der Waals surface area contributed by atoms with E-state index in [9.17, 15) is 9.18 Å². The van der Waals surface area contributed by atoms with Crippen LogP contribution in [0.1, 0.15) is 18.4 Å². The molecule has 0 radical (unpaired) electrons. The van der Waals surface area contributed by atoms with Gasteiger partial charge in [-0.3, -0.25) is 4.79 Å². The number of aryl methyl sites for hydroxylation is 1. The van der Waals surface area contributed by atoms with Crippen LogP contribution in [0, 0.1) is 18.7 Å². The van der Waals surface area contributed by atoms with Crippen LogP contribution in [-0.2, 0) is 4.79 Å². The lowest BCUT2D eigenvalue weighted by Gasteiger charge is -2.34. The summed E-state index contributed by atoms with van der Waals surface area (Å²) in [5.41, 5.74) is 1.24. The van der Waals surface area contributed by atoms with Crippen molar-refractivity contribution < 1.29 is 14.3 Å². The first-order valence-corrected chi connectivity index (χ1v) is 5.33. The number of carboxylic acid groups (broad SMARTS) is 1. The number of carboxylic acids is 1. The molecule has 0 aromatic heterocycles. The van der Waals surface area contributed by atoms with E-state index in [4.69, 9.17) is 5.11 Å². The minimum atomic E-state index is -0.809. The summed E-state index contributed by atoms with van der Waals surface area (Å²) in [5.74, 6) is -1.52. The fourth-order valence-corrected chi connectivity index (χ4v) is 1.91. The fourth-order valence-electron chi connectivity index (χ4n) is 1.91. The maximum Gasteiger partial charge on any atom is 0.308 e. The topological polar surface area (TPSA) is 49.3 Å². The third-order valence-electron chi connectivity index (χ3n) is 3.06. The zero-order chi connectivity index (χ0) is 11.7. The van der Waals surface area contributed by atoms with Crippen LogP contribution in [0.15, 0.2) is 18.2 Å². The molecule has 2 N–H and O–H groups in total. The lowest BCUT2D eigenvalue weighted by atomic mass is 9.79. The second-order valence-electron chi connectivity index (χ2n) is 4.26. The molecular weight excluding hydrogens is 209 g/mol. The van der Waals surface area contributed by atoms with Gasteiger partial charge in [-0.25, -0.2) is 4.39 Å². The molecule has 3 nitrogen and oxygen atoms in total. The number of benzene rings is 1. The molecule has 0 heterocycles. The summed E-state index contributed by atoms with van der Waals surface area (Å²) in [6, 6.07) is 4.76. The molecule has 0 bridgehead atoms. The Labute approximate surface area is 93.3 Å². The first-order valence-electron chi connectivity index (χ1n) is 5.33. The number of hydrogen-bond donors (Lipinski definition) is 2. The molecule has 86 valence electrons. The summed E-state index contributed by atoms with van der Waals surface area (Å²) in [4.78, 5) is 10.8. The quantitative estimate of drug-likeness (QED) is 0.827. The Kier molecular flexibility index (Phi) is 2.81. The van der Waals surface area contributed by atoms with Gasteiger partial charge in [-0.05, 0) is 37.5 Å². The summed E-state index contributed by atoms with van der Waals surface area (Å²) in [6.07, 6.45) is 1.45. The van der Waals surface area contributed by atoms with E-state index in [1.165, 1.54) is 6.07 Å². The number of anilines is 1. The molecule has 1 aromatic rings. The maximum atomic E-state index is 13.5. The molecule has 1 aromatic carbocycles. The van der Waals surface area contributed by atoms with Gasteiger partial charge in [0, 0.05) is 6.04 Å². The molecular formula is C12H14FNO2. The fraction of sp³-hybridized carbons (Fsp3) is 0.417. The highest BCUT2D eigenvalue weighted by atomic mass is 19.1. The van der Waals surface area contributed by atoms with Crippen LogP contribution >= 0.6 is 0 Å². The smallest absolute Gasteiger partial charge is 0.308 e. The summed E-state index contributed by atoms with van der Waals surface area (Å²) < 4.78 is 13.5. The molecule has 1 aliphatic rings. The van der Waals surface area contributed by atoms with Gasteiger partial charge in [0.2, 0.25) is 0 Å². The highest BCUT2D eigenvalue weighted by Gasteiger charge is 2.36. The first kappa shape index (κ1) is 10.9. The van der Waals surface area contributed by atoms with Gasteiger partial charge >= 0.3 is 5.97 Å². The summed E-state index contributed by atoms with van der Waals surface area (Å²) in [5, 5.41) is 11.8. The van der Waals surface area contributed by atoms with Crippen molar-refractivity contribution in [3.8, 4) is 0 Å². The van der Waals surface area contributed by atoms with E-state index < -0.39 is 5.97 Å². The Balaban J connectivity index is 2.07. The number of rotatable bonds is 3. The molecule has 4 heteroatoms. The zero-order valence-electron chi connectivity index (χ0n) is 9.03.